The van der Waals surface area contributed by atoms with Gasteiger partial charge in [0.2, 0.25) is 0 Å². The zero-order chi connectivity index (χ0) is 13.4. The van der Waals surface area contributed by atoms with Gasteiger partial charge in [-0.3, -0.25) is 0 Å². The van der Waals surface area contributed by atoms with Crippen LogP contribution in [-0.4, -0.2) is 15.6 Å². The number of fused-ring (bicyclic) bond motifs is 1. The van der Waals surface area contributed by atoms with Gasteiger partial charge < -0.3 is 10.3 Å². The maximum atomic E-state index is 6.08. The normalized spacial score (nSPS) is 18.6. The molecule has 0 fully saturated rings. The Hall–Kier alpha value is -1.61. The first kappa shape index (κ1) is 12.4. The molecule has 2 N–H and O–H groups in total. The van der Waals surface area contributed by atoms with Gasteiger partial charge >= 0.3 is 0 Å². The van der Waals surface area contributed by atoms with Gasteiger partial charge in [-0.05, 0) is 17.9 Å². The highest BCUT2D eigenvalue weighted by Crippen LogP contribution is 2.27. The van der Waals surface area contributed by atoms with Gasteiger partial charge in [0, 0.05) is 30.3 Å². The SMILES string of the molecule is CC(C)c1ccc(-c2ncn3c2CC(N)CC3)cc1. The van der Waals surface area contributed by atoms with Gasteiger partial charge in [0.25, 0.3) is 0 Å². The van der Waals surface area contributed by atoms with Crippen LogP contribution in [0.3, 0.4) is 0 Å². The van der Waals surface area contributed by atoms with E-state index in [2.05, 4.69) is 47.7 Å². The number of aryl methyl sites for hydroxylation is 1. The molecule has 3 rings (SSSR count). The standard InChI is InChI=1S/C16H21N3/c1-11(2)12-3-5-13(6-4-12)16-15-9-14(17)7-8-19(15)10-18-16/h3-6,10-11,14H,7-9,17H2,1-2H3. The highest BCUT2D eigenvalue weighted by atomic mass is 15.1. The molecule has 1 aliphatic rings. The number of hydrogen-bond donors (Lipinski definition) is 1. The highest BCUT2D eigenvalue weighted by Gasteiger charge is 2.20. The Balaban J connectivity index is 1.96. The fourth-order valence-electron chi connectivity index (χ4n) is 2.74. The fourth-order valence-corrected chi connectivity index (χ4v) is 2.74. The van der Waals surface area contributed by atoms with Crippen LogP contribution < -0.4 is 5.73 Å². The summed E-state index contributed by atoms with van der Waals surface area (Å²) >= 11 is 0. The molecule has 0 aliphatic carbocycles. The zero-order valence-electron chi connectivity index (χ0n) is 11.6. The van der Waals surface area contributed by atoms with E-state index in [-0.39, 0.29) is 6.04 Å². The molecule has 0 saturated carbocycles. The first-order valence-corrected chi connectivity index (χ1v) is 7.05. The van der Waals surface area contributed by atoms with Crippen molar-refractivity contribution in [3.05, 3.63) is 41.9 Å². The predicted molar refractivity (Wildman–Crippen MR) is 78.0 cm³/mol. The van der Waals surface area contributed by atoms with E-state index in [0.717, 1.165) is 25.1 Å². The van der Waals surface area contributed by atoms with Gasteiger partial charge in [-0.2, -0.15) is 0 Å². The Morgan fingerprint density at radius 3 is 2.68 bits per heavy atom. The molecular formula is C16H21N3. The van der Waals surface area contributed by atoms with Crippen molar-refractivity contribution in [3.8, 4) is 11.3 Å². The number of hydrogen-bond acceptors (Lipinski definition) is 2. The lowest BCUT2D eigenvalue weighted by atomic mass is 9.98. The molecule has 0 saturated heterocycles. The quantitative estimate of drug-likeness (QED) is 0.896. The van der Waals surface area contributed by atoms with E-state index in [1.54, 1.807) is 0 Å². The lowest BCUT2D eigenvalue weighted by Gasteiger charge is -2.21. The second kappa shape index (κ2) is 4.82. The first-order chi connectivity index (χ1) is 9.15. The van der Waals surface area contributed by atoms with Crippen LogP contribution in [0.5, 0.6) is 0 Å². The Morgan fingerprint density at radius 1 is 1.26 bits per heavy atom. The second-order valence-electron chi connectivity index (χ2n) is 5.76. The molecule has 100 valence electrons. The molecule has 0 bridgehead atoms. The van der Waals surface area contributed by atoms with Gasteiger partial charge in [0.15, 0.2) is 0 Å². The van der Waals surface area contributed by atoms with Crippen molar-refractivity contribution in [2.24, 2.45) is 5.73 Å². The number of rotatable bonds is 2. The fraction of sp³-hybridized carbons (Fsp3) is 0.438. The maximum absolute atomic E-state index is 6.08. The molecule has 0 amide bonds. The number of nitrogens with zero attached hydrogens (tertiary/aromatic N) is 2. The summed E-state index contributed by atoms with van der Waals surface area (Å²) in [6.45, 7) is 5.42. The molecule has 3 nitrogen and oxygen atoms in total. The Kier molecular flexibility index (Phi) is 3.15. The van der Waals surface area contributed by atoms with Crippen molar-refractivity contribution in [1.82, 2.24) is 9.55 Å². The van der Waals surface area contributed by atoms with E-state index in [1.165, 1.54) is 16.8 Å². The van der Waals surface area contributed by atoms with Gasteiger partial charge in [-0.15, -0.1) is 0 Å². The summed E-state index contributed by atoms with van der Waals surface area (Å²) in [5.74, 6) is 0.568. The third-order valence-electron chi connectivity index (χ3n) is 3.99. The van der Waals surface area contributed by atoms with Crippen molar-refractivity contribution < 1.29 is 0 Å². The first-order valence-electron chi connectivity index (χ1n) is 7.05. The predicted octanol–water partition coefficient (Wildman–Crippen LogP) is 2.95. The number of aromatic nitrogens is 2. The monoisotopic (exact) mass is 255 g/mol. The minimum Gasteiger partial charge on any atom is -0.334 e. The summed E-state index contributed by atoms with van der Waals surface area (Å²) in [6.07, 6.45) is 3.93. The van der Waals surface area contributed by atoms with Crippen LogP contribution in [-0.2, 0) is 13.0 Å². The van der Waals surface area contributed by atoms with Crippen molar-refractivity contribution in [2.45, 2.75) is 45.2 Å². The van der Waals surface area contributed by atoms with Crippen LogP contribution in [0.1, 0.15) is 37.4 Å². The van der Waals surface area contributed by atoms with E-state index >= 15 is 0 Å². The van der Waals surface area contributed by atoms with E-state index in [0.29, 0.717) is 5.92 Å². The minimum absolute atomic E-state index is 0.276. The van der Waals surface area contributed by atoms with Gasteiger partial charge in [-0.25, -0.2) is 4.98 Å². The second-order valence-corrected chi connectivity index (χ2v) is 5.76. The Labute approximate surface area is 114 Å². The number of imidazole rings is 1. The molecule has 1 aromatic carbocycles. The van der Waals surface area contributed by atoms with Crippen molar-refractivity contribution in [3.63, 3.8) is 0 Å². The smallest absolute Gasteiger partial charge is 0.0956 e. The van der Waals surface area contributed by atoms with Crippen LogP contribution in [0.15, 0.2) is 30.6 Å². The van der Waals surface area contributed by atoms with Crippen molar-refractivity contribution in [2.75, 3.05) is 0 Å². The van der Waals surface area contributed by atoms with Crippen molar-refractivity contribution >= 4 is 0 Å². The minimum atomic E-state index is 0.276. The number of benzene rings is 1. The van der Waals surface area contributed by atoms with E-state index in [4.69, 9.17) is 5.73 Å². The van der Waals surface area contributed by atoms with E-state index < -0.39 is 0 Å². The molecule has 1 aliphatic heterocycles. The van der Waals surface area contributed by atoms with Crippen molar-refractivity contribution in [1.29, 1.82) is 0 Å². The molecular weight excluding hydrogens is 234 g/mol. The summed E-state index contributed by atoms with van der Waals surface area (Å²) in [5.41, 5.74) is 11.0. The molecule has 1 aromatic heterocycles. The Morgan fingerprint density at radius 2 is 2.00 bits per heavy atom. The van der Waals surface area contributed by atoms with Crippen LogP contribution in [0.4, 0.5) is 0 Å². The highest BCUT2D eigenvalue weighted by molar-refractivity contribution is 5.62. The largest absolute Gasteiger partial charge is 0.334 e. The van der Waals surface area contributed by atoms with Gasteiger partial charge in [0.1, 0.15) is 0 Å². The average Bonchev–Trinajstić information content (AvgIpc) is 2.81. The lowest BCUT2D eigenvalue weighted by molar-refractivity contribution is 0.472. The topological polar surface area (TPSA) is 43.8 Å². The lowest BCUT2D eigenvalue weighted by Crippen LogP contribution is -2.30. The summed E-state index contributed by atoms with van der Waals surface area (Å²) in [6, 6.07) is 9.04. The average molecular weight is 255 g/mol. The summed E-state index contributed by atoms with van der Waals surface area (Å²) in [4.78, 5) is 4.58. The van der Waals surface area contributed by atoms with Crippen LogP contribution in [0.2, 0.25) is 0 Å². The third-order valence-corrected chi connectivity index (χ3v) is 3.99. The van der Waals surface area contributed by atoms with E-state index in [1.807, 2.05) is 6.33 Å². The zero-order valence-corrected chi connectivity index (χ0v) is 11.6. The number of nitrogens with two attached hydrogens (primary N) is 1. The molecule has 0 spiro atoms. The van der Waals surface area contributed by atoms with E-state index in [9.17, 15) is 0 Å². The summed E-state index contributed by atoms with van der Waals surface area (Å²) in [5, 5.41) is 0. The van der Waals surface area contributed by atoms with Crippen LogP contribution in [0, 0.1) is 0 Å². The Bertz CT molecular complexity index is 566. The third kappa shape index (κ3) is 2.30. The molecule has 2 heterocycles. The van der Waals surface area contributed by atoms with Gasteiger partial charge in [0.05, 0.1) is 12.0 Å². The molecule has 19 heavy (non-hydrogen) atoms. The van der Waals surface area contributed by atoms with Crippen LogP contribution >= 0.6 is 0 Å². The molecule has 2 aromatic rings. The summed E-state index contributed by atoms with van der Waals surface area (Å²) < 4.78 is 2.25. The molecule has 3 heteroatoms. The van der Waals surface area contributed by atoms with Crippen LogP contribution in [0.25, 0.3) is 11.3 Å². The molecule has 1 atom stereocenters. The molecule has 1 unspecified atom stereocenters. The molecule has 0 radical (unpaired) electrons. The maximum Gasteiger partial charge on any atom is 0.0956 e. The summed E-state index contributed by atoms with van der Waals surface area (Å²) in [7, 11) is 0. The van der Waals surface area contributed by atoms with Gasteiger partial charge in [-0.1, -0.05) is 38.1 Å².